The highest BCUT2D eigenvalue weighted by molar-refractivity contribution is 5.24. The summed E-state index contributed by atoms with van der Waals surface area (Å²) in [6.45, 7) is 2.06. The van der Waals surface area contributed by atoms with Crippen LogP contribution < -0.4 is 9.13 Å². The third-order valence-corrected chi connectivity index (χ3v) is 5.26. The summed E-state index contributed by atoms with van der Waals surface area (Å²) in [6.07, 6.45) is 11.9. The van der Waals surface area contributed by atoms with Crippen LogP contribution in [0.3, 0.4) is 0 Å². The first-order chi connectivity index (χ1) is 14.3. The fourth-order valence-electron chi connectivity index (χ4n) is 3.61. The number of hydrogen-bond acceptors (Lipinski definition) is 0. The van der Waals surface area contributed by atoms with E-state index in [9.17, 15) is 0 Å². The van der Waals surface area contributed by atoms with Crippen molar-refractivity contribution in [1.29, 1.82) is 0 Å². The summed E-state index contributed by atoms with van der Waals surface area (Å²) in [5, 5.41) is 0. The van der Waals surface area contributed by atoms with Gasteiger partial charge in [0.2, 0.25) is 0 Å². The molecule has 0 spiro atoms. The first-order valence-corrected chi connectivity index (χ1v) is 10.4. The van der Waals surface area contributed by atoms with Gasteiger partial charge in [-0.25, -0.2) is 9.13 Å². The number of aryl methyl sites for hydroxylation is 2. The van der Waals surface area contributed by atoms with Crippen LogP contribution in [0, 0.1) is 0 Å². The molecule has 0 saturated carbocycles. The zero-order chi connectivity index (χ0) is 19.7. The Balaban J connectivity index is 1.24. The molecule has 144 valence electrons. The van der Waals surface area contributed by atoms with Crippen LogP contribution in [0.25, 0.3) is 0 Å². The van der Waals surface area contributed by atoms with E-state index >= 15 is 0 Å². The molecule has 4 rings (SSSR count). The van der Waals surface area contributed by atoms with E-state index in [1.807, 2.05) is 0 Å². The molecule has 4 aromatic rings. The van der Waals surface area contributed by atoms with E-state index < -0.39 is 0 Å². The van der Waals surface area contributed by atoms with Gasteiger partial charge in [-0.2, -0.15) is 0 Å². The molecule has 29 heavy (non-hydrogen) atoms. The zero-order valence-electron chi connectivity index (χ0n) is 16.8. The monoisotopic (exact) mass is 380 g/mol. The molecule has 0 atom stereocenters. The topological polar surface area (TPSA) is 7.76 Å². The first-order valence-electron chi connectivity index (χ1n) is 10.4. The minimum Gasteiger partial charge on any atom is -0.205 e. The van der Waals surface area contributed by atoms with E-state index in [-0.39, 0.29) is 0 Å². The van der Waals surface area contributed by atoms with Gasteiger partial charge in [-0.05, 0) is 35.1 Å². The number of hydrogen-bond donors (Lipinski definition) is 0. The van der Waals surface area contributed by atoms with E-state index in [1.165, 1.54) is 22.3 Å². The lowest BCUT2D eigenvalue weighted by Gasteiger charge is -2.02. The van der Waals surface area contributed by atoms with Crippen molar-refractivity contribution in [3.63, 3.8) is 0 Å². The summed E-state index contributed by atoms with van der Waals surface area (Å²) in [5.74, 6) is 0. The predicted molar refractivity (Wildman–Crippen MR) is 116 cm³/mol. The second kappa shape index (κ2) is 9.79. The number of pyridine rings is 2. The number of aromatic nitrogens is 2. The molecule has 2 nitrogen and oxygen atoms in total. The van der Waals surface area contributed by atoms with Crippen LogP contribution in [0.1, 0.15) is 28.7 Å². The SMILES string of the molecule is c1ccc(Cc2cc[n+](CCC[n+]3ccc(Cc4ccccc4)cc3)cc2)cc1. The number of rotatable bonds is 8. The predicted octanol–water partition coefficient (Wildman–Crippen LogP) is 4.53. The Hall–Kier alpha value is -3.26. The average molecular weight is 381 g/mol. The molecule has 2 aromatic heterocycles. The van der Waals surface area contributed by atoms with Crippen molar-refractivity contribution in [2.45, 2.75) is 32.4 Å². The van der Waals surface area contributed by atoms with Crippen molar-refractivity contribution in [2.75, 3.05) is 0 Å². The van der Waals surface area contributed by atoms with Crippen LogP contribution in [0.2, 0.25) is 0 Å². The van der Waals surface area contributed by atoms with Gasteiger partial charge in [0.1, 0.15) is 0 Å². The molecule has 0 fully saturated rings. The minimum absolute atomic E-state index is 0.993. The van der Waals surface area contributed by atoms with E-state index in [0.29, 0.717) is 0 Å². The zero-order valence-corrected chi connectivity index (χ0v) is 16.8. The molecule has 2 heterocycles. The Morgan fingerprint density at radius 3 is 1.14 bits per heavy atom. The molecule has 0 aliphatic rings. The fourth-order valence-corrected chi connectivity index (χ4v) is 3.61. The molecule has 0 saturated heterocycles. The highest BCUT2D eigenvalue weighted by atomic mass is 15.0. The van der Waals surface area contributed by atoms with Crippen LogP contribution in [0.4, 0.5) is 0 Å². The molecular formula is C27H28N2+2. The lowest BCUT2D eigenvalue weighted by molar-refractivity contribution is -0.727. The van der Waals surface area contributed by atoms with Crippen LogP contribution in [-0.2, 0) is 25.9 Å². The third-order valence-electron chi connectivity index (χ3n) is 5.26. The standard InChI is InChI=1S/C27H28N2/c1-3-8-24(9-4-1)22-26-12-18-28(19-13-26)16-7-17-29-20-14-27(15-21-29)23-25-10-5-2-6-11-25/h1-6,8-15,18-21H,7,16-17,22-23H2/q+2. The molecule has 0 aliphatic carbocycles. The van der Waals surface area contributed by atoms with Crippen molar-refractivity contribution in [3.8, 4) is 0 Å². The molecule has 0 aliphatic heterocycles. The Morgan fingerprint density at radius 2 is 0.759 bits per heavy atom. The normalized spacial score (nSPS) is 10.8. The molecule has 0 unspecified atom stereocenters. The molecule has 0 amide bonds. The lowest BCUT2D eigenvalue weighted by atomic mass is 10.1. The van der Waals surface area contributed by atoms with E-state index in [0.717, 1.165) is 32.4 Å². The maximum atomic E-state index is 2.28. The summed E-state index contributed by atoms with van der Waals surface area (Å²) in [6, 6.07) is 30.2. The van der Waals surface area contributed by atoms with Crippen molar-refractivity contribution < 1.29 is 9.13 Å². The Morgan fingerprint density at radius 1 is 0.414 bits per heavy atom. The van der Waals surface area contributed by atoms with E-state index in [1.54, 1.807) is 0 Å². The highest BCUT2D eigenvalue weighted by Gasteiger charge is 2.06. The van der Waals surface area contributed by atoms with Crippen molar-refractivity contribution in [3.05, 3.63) is 132 Å². The second-order valence-corrected chi connectivity index (χ2v) is 7.57. The van der Waals surface area contributed by atoms with Gasteiger partial charge in [0, 0.05) is 24.3 Å². The van der Waals surface area contributed by atoms with Crippen LogP contribution in [0.5, 0.6) is 0 Å². The Labute approximate surface area is 173 Å². The van der Waals surface area contributed by atoms with Gasteiger partial charge < -0.3 is 0 Å². The minimum atomic E-state index is 0.993. The maximum Gasteiger partial charge on any atom is 0.169 e. The summed E-state index contributed by atoms with van der Waals surface area (Å²) in [5.41, 5.74) is 5.43. The number of benzene rings is 2. The fraction of sp³-hybridized carbons (Fsp3) is 0.185. The van der Waals surface area contributed by atoms with Gasteiger partial charge in [-0.1, -0.05) is 60.7 Å². The highest BCUT2D eigenvalue weighted by Crippen LogP contribution is 2.08. The summed E-state index contributed by atoms with van der Waals surface area (Å²) in [4.78, 5) is 0. The summed E-state index contributed by atoms with van der Waals surface area (Å²) < 4.78 is 4.55. The van der Waals surface area contributed by atoms with Crippen molar-refractivity contribution in [2.24, 2.45) is 0 Å². The van der Waals surface area contributed by atoms with Crippen LogP contribution in [0.15, 0.2) is 110 Å². The van der Waals surface area contributed by atoms with Crippen LogP contribution in [-0.4, -0.2) is 0 Å². The van der Waals surface area contributed by atoms with Gasteiger partial charge >= 0.3 is 0 Å². The lowest BCUT2D eigenvalue weighted by Crippen LogP contribution is -2.38. The van der Waals surface area contributed by atoms with Crippen molar-refractivity contribution >= 4 is 0 Å². The molecule has 0 bridgehead atoms. The Bertz CT molecular complexity index is 907. The summed E-state index contributed by atoms with van der Waals surface area (Å²) in [7, 11) is 0. The Kier molecular flexibility index (Phi) is 6.44. The smallest absolute Gasteiger partial charge is 0.169 e. The molecule has 2 aromatic carbocycles. The summed E-state index contributed by atoms with van der Waals surface area (Å²) >= 11 is 0. The van der Waals surface area contributed by atoms with Gasteiger partial charge in [-0.3, -0.25) is 0 Å². The van der Waals surface area contributed by atoms with Gasteiger partial charge in [0.15, 0.2) is 37.9 Å². The second-order valence-electron chi connectivity index (χ2n) is 7.57. The number of nitrogens with zero attached hydrogens (tertiary/aromatic N) is 2. The first kappa shape index (κ1) is 19.1. The third kappa shape index (κ3) is 5.86. The quantitative estimate of drug-likeness (QED) is 0.397. The van der Waals surface area contributed by atoms with Crippen molar-refractivity contribution in [1.82, 2.24) is 0 Å². The van der Waals surface area contributed by atoms with Gasteiger partial charge in [0.05, 0.1) is 6.42 Å². The molecule has 2 heteroatoms. The largest absolute Gasteiger partial charge is 0.205 e. The van der Waals surface area contributed by atoms with E-state index in [2.05, 4.69) is 119 Å². The maximum absolute atomic E-state index is 2.28. The molecule has 0 N–H and O–H groups in total. The van der Waals surface area contributed by atoms with Gasteiger partial charge in [-0.15, -0.1) is 0 Å². The van der Waals surface area contributed by atoms with E-state index in [4.69, 9.17) is 0 Å². The van der Waals surface area contributed by atoms with Gasteiger partial charge in [0.25, 0.3) is 0 Å². The van der Waals surface area contributed by atoms with Crippen LogP contribution >= 0.6 is 0 Å². The molecule has 0 radical (unpaired) electrons. The molecular weight excluding hydrogens is 352 g/mol. The average Bonchev–Trinajstić information content (AvgIpc) is 2.78.